The largest absolute Gasteiger partial charge is 0.321 e. The molecule has 1 aromatic rings. The molecule has 3 heteroatoms. The van der Waals surface area contributed by atoms with Gasteiger partial charge in [0.1, 0.15) is 0 Å². The van der Waals surface area contributed by atoms with Crippen molar-refractivity contribution < 1.29 is 0 Å². The lowest BCUT2D eigenvalue weighted by Gasteiger charge is -2.34. The molecular formula is C11H15ClN2. The molecule has 1 aromatic heterocycles. The molecule has 0 aliphatic heterocycles. The van der Waals surface area contributed by atoms with E-state index in [9.17, 15) is 0 Å². The third-order valence-electron chi connectivity index (χ3n) is 3.05. The van der Waals surface area contributed by atoms with Crippen molar-refractivity contribution in [3.05, 3.63) is 29.0 Å². The molecule has 0 spiro atoms. The van der Waals surface area contributed by atoms with Gasteiger partial charge in [0.05, 0.1) is 5.02 Å². The van der Waals surface area contributed by atoms with Gasteiger partial charge in [-0.15, -0.1) is 0 Å². The third kappa shape index (κ3) is 1.77. The van der Waals surface area contributed by atoms with Crippen LogP contribution in [-0.4, -0.2) is 4.98 Å². The average molecular weight is 211 g/mol. The zero-order valence-electron chi connectivity index (χ0n) is 8.17. The molecule has 1 fully saturated rings. The first-order chi connectivity index (χ1) is 6.72. The number of hydrogen-bond acceptors (Lipinski definition) is 2. The minimum absolute atomic E-state index is 0.210. The summed E-state index contributed by atoms with van der Waals surface area (Å²) in [5.74, 6) is 0. The molecule has 1 aliphatic carbocycles. The van der Waals surface area contributed by atoms with Gasteiger partial charge in [-0.05, 0) is 24.5 Å². The zero-order valence-corrected chi connectivity index (χ0v) is 8.93. The molecule has 0 saturated heterocycles. The lowest BCUT2D eigenvalue weighted by molar-refractivity contribution is 0.302. The van der Waals surface area contributed by atoms with Crippen LogP contribution in [0.2, 0.25) is 5.02 Å². The number of nitrogens with two attached hydrogens (primary N) is 1. The van der Waals surface area contributed by atoms with Crippen LogP contribution in [0.25, 0.3) is 0 Å². The molecule has 2 N–H and O–H groups in total. The molecule has 1 saturated carbocycles. The quantitative estimate of drug-likeness (QED) is 0.774. The van der Waals surface area contributed by atoms with Gasteiger partial charge in [-0.1, -0.05) is 30.9 Å². The Hall–Kier alpha value is -0.600. The second-order valence-corrected chi connectivity index (χ2v) is 4.48. The first kappa shape index (κ1) is 9.94. The Balaban J connectivity index is 2.32. The summed E-state index contributed by atoms with van der Waals surface area (Å²) >= 11 is 6.10. The smallest absolute Gasteiger partial charge is 0.0639 e. The lowest BCUT2D eigenvalue weighted by atomic mass is 9.78. The lowest BCUT2D eigenvalue weighted by Crippen LogP contribution is -2.38. The van der Waals surface area contributed by atoms with E-state index < -0.39 is 0 Å². The highest BCUT2D eigenvalue weighted by Crippen LogP contribution is 2.37. The van der Waals surface area contributed by atoms with Crippen molar-refractivity contribution in [2.75, 3.05) is 0 Å². The molecule has 1 heterocycles. The molecule has 0 bridgehead atoms. The number of aromatic nitrogens is 1. The highest BCUT2D eigenvalue weighted by molar-refractivity contribution is 6.31. The van der Waals surface area contributed by atoms with Gasteiger partial charge in [0, 0.05) is 17.9 Å². The van der Waals surface area contributed by atoms with Crippen LogP contribution in [-0.2, 0) is 5.54 Å². The molecule has 1 aliphatic rings. The number of hydrogen-bond donors (Lipinski definition) is 1. The summed E-state index contributed by atoms with van der Waals surface area (Å²) in [5, 5.41) is 0.705. The predicted octanol–water partition coefficient (Wildman–Crippen LogP) is 2.85. The average Bonchev–Trinajstić information content (AvgIpc) is 2.19. The van der Waals surface area contributed by atoms with Gasteiger partial charge < -0.3 is 5.73 Å². The first-order valence-electron chi connectivity index (χ1n) is 5.11. The van der Waals surface area contributed by atoms with Crippen LogP contribution in [0, 0.1) is 0 Å². The molecule has 0 atom stereocenters. The SMILES string of the molecule is NC1(c2ccncc2Cl)CCCCC1. The number of nitrogens with zero attached hydrogens (tertiary/aromatic N) is 1. The van der Waals surface area contributed by atoms with Gasteiger partial charge in [-0.3, -0.25) is 4.98 Å². The molecule has 76 valence electrons. The van der Waals surface area contributed by atoms with Crippen molar-refractivity contribution >= 4 is 11.6 Å². The van der Waals surface area contributed by atoms with Crippen molar-refractivity contribution in [1.29, 1.82) is 0 Å². The summed E-state index contributed by atoms with van der Waals surface area (Å²) in [6.45, 7) is 0. The van der Waals surface area contributed by atoms with E-state index in [4.69, 9.17) is 17.3 Å². The summed E-state index contributed by atoms with van der Waals surface area (Å²) in [6.07, 6.45) is 9.23. The van der Waals surface area contributed by atoms with Gasteiger partial charge in [-0.2, -0.15) is 0 Å². The van der Waals surface area contributed by atoms with Crippen LogP contribution >= 0.6 is 11.6 Å². The molecule has 0 unspecified atom stereocenters. The highest BCUT2D eigenvalue weighted by atomic mass is 35.5. The Labute approximate surface area is 89.5 Å². The fourth-order valence-electron chi connectivity index (χ4n) is 2.23. The van der Waals surface area contributed by atoms with Gasteiger partial charge in [0.25, 0.3) is 0 Å². The van der Waals surface area contributed by atoms with Gasteiger partial charge in [-0.25, -0.2) is 0 Å². The van der Waals surface area contributed by atoms with Crippen LogP contribution in [0.4, 0.5) is 0 Å². The highest BCUT2D eigenvalue weighted by Gasteiger charge is 2.30. The maximum atomic E-state index is 6.37. The zero-order chi connectivity index (χ0) is 10.0. The van der Waals surface area contributed by atoms with Crippen LogP contribution in [0.1, 0.15) is 37.7 Å². The molecule has 2 nitrogen and oxygen atoms in total. The van der Waals surface area contributed by atoms with E-state index in [1.807, 2.05) is 6.07 Å². The van der Waals surface area contributed by atoms with Crippen molar-refractivity contribution in [3.63, 3.8) is 0 Å². The standard InChI is InChI=1S/C11H15ClN2/c12-10-8-14-7-4-9(10)11(13)5-2-1-3-6-11/h4,7-8H,1-3,5-6,13H2. The Bertz CT molecular complexity index is 319. The van der Waals surface area contributed by atoms with Gasteiger partial charge in [0.15, 0.2) is 0 Å². The Morgan fingerprint density at radius 3 is 2.64 bits per heavy atom. The van der Waals surface area contributed by atoms with E-state index in [0.717, 1.165) is 18.4 Å². The van der Waals surface area contributed by atoms with E-state index in [-0.39, 0.29) is 5.54 Å². The van der Waals surface area contributed by atoms with E-state index in [2.05, 4.69) is 4.98 Å². The second-order valence-electron chi connectivity index (χ2n) is 4.07. The molecule has 2 rings (SSSR count). The number of pyridine rings is 1. The van der Waals surface area contributed by atoms with Crippen LogP contribution in [0.5, 0.6) is 0 Å². The van der Waals surface area contributed by atoms with Crippen LogP contribution in [0.3, 0.4) is 0 Å². The Morgan fingerprint density at radius 1 is 1.29 bits per heavy atom. The van der Waals surface area contributed by atoms with Gasteiger partial charge >= 0.3 is 0 Å². The maximum Gasteiger partial charge on any atom is 0.0639 e. The molecular weight excluding hydrogens is 196 g/mol. The summed E-state index contributed by atoms with van der Waals surface area (Å²) in [4.78, 5) is 3.98. The fraction of sp³-hybridized carbons (Fsp3) is 0.545. The van der Waals surface area contributed by atoms with E-state index in [0.29, 0.717) is 5.02 Å². The first-order valence-corrected chi connectivity index (χ1v) is 5.49. The Kier molecular flexibility index (Phi) is 2.75. The minimum atomic E-state index is -0.210. The van der Waals surface area contributed by atoms with Crippen molar-refractivity contribution in [1.82, 2.24) is 4.98 Å². The van der Waals surface area contributed by atoms with Crippen molar-refractivity contribution in [3.8, 4) is 0 Å². The topological polar surface area (TPSA) is 38.9 Å². The summed E-state index contributed by atoms with van der Waals surface area (Å²) in [7, 11) is 0. The van der Waals surface area contributed by atoms with Crippen molar-refractivity contribution in [2.45, 2.75) is 37.6 Å². The minimum Gasteiger partial charge on any atom is -0.321 e. The van der Waals surface area contributed by atoms with Gasteiger partial charge in [0.2, 0.25) is 0 Å². The molecule has 0 radical (unpaired) electrons. The van der Waals surface area contributed by atoms with Crippen LogP contribution < -0.4 is 5.73 Å². The Morgan fingerprint density at radius 2 is 2.00 bits per heavy atom. The fourth-order valence-corrected chi connectivity index (χ4v) is 2.54. The maximum absolute atomic E-state index is 6.37. The van der Waals surface area contributed by atoms with E-state index >= 15 is 0 Å². The molecule has 14 heavy (non-hydrogen) atoms. The van der Waals surface area contributed by atoms with E-state index in [1.54, 1.807) is 12.4 Å². The second kappa shape index (κ2) is 3.87. The van der Waals surface area contributed by atoms with Crippen LogP contribution in [0.15, 0.2) is 18.5 Å². The summed E-state index contributed by atoms with van der Waals surface area (Å²) in [5.41, 5.74) is 7.22. The van der Waals surface area contributed by atoms with Crippen molar-refractivity contribution in [2.24, 2.45) is 5.73 Å². The molecule has 0 aromatic carbocycles. The summed E-state index contributed by atoms with van der Waals surface area (Å²) < 4.78 is 0. The predicted molar refractivity (Wildman–Crippen MR) is 58.2 cm³/mol. The normalized spacial score (nSPS) is 20.7. The number of rotatable bonds is 1. The third-order valence-corrected chi connectivity index (χ3v) is 3.36. The van der Waals surface area contributed by atoms with E-state index in [1.165, 1.54) is 19.3 Å². The molecule has 0 amide bonds. The number of halogens is 1. The monoisotopic (exact) mass is 210 g/mol. The summed E-state index contributed by atoms with van der Waals surface area (Å²) in [6, 6.07) is 1.95.